The molecule has 2 heterocycles. The number of carboxylic acid groups (broad SMARTS) is 1. The van der Waals surface area contributed by atoms with Gasteiger partial charge in [-0.3, -0.25) is 0 Å². The molecule has 11 heteroatoms. The van der Waals surface area contributed by atoms with Gasteiger partial charge in [0.25, 0.3) is 0 Å². The molecule has 0 aromatic heterocycles. The Bertz CT molecular complexity index is 1370. The third-order valence-electron chi connectivity index (χ3n) is 5.84. The number of ether oxygens (including phenoxy) is 4. The first-order valence-corrected chi connectivity index (χ1v) is 9.64. The quantitative estimate of drug-likeness (QED) is 0.489. The van der Waals surface area contributed by atoms with Crippen LogP contribution in [0.2, 0.25) is 0 Å². The zero-order valence-corrected chi connectivity index (χ0v) is 17.4. The maximum atomic E-state index is 15.2. The zero-order chi connectivity index (χ0) is 24.5. The monoisotopic (exact) mass is 472 g/mol. The Balaban J connectivity index is 1.95. The van der Waals surface area contributed by atoms with Crippen LogP contribution in [0.1, 0.15) is 37.4 Å². The molecule has 0 amide bonds. The number of carboxylic acids is 1. The van der Waals surface area contributed by atoms with Crippen LogP contribution in [-0.2, 0) is 10.3 Å². The van der Waals surface area contributed by atoms with Crippen molar-refractivity contribution in [3.8, 4) is 34.5 Å². The number of hydrogen-bond donors (Lipinski definition) is 3. The van der Waals surface area contributed by atoms with Crippen LogP contribution in [0.15, 0.2) is 30.3 Å². The summed E-state index contributed by atoms with van der Waals surface area (Å²) in [6.07, 6.45) is 0. The van der Waals surface area contributed by atoms with E-state index in [4.69, 9.17) is 18.9 Å². The molecule has 34 heavy (non-hydrogen) atoms. The highest BCUT2D eigenvalue weighted by atomic mass is 19.1. The number of benzene rings is 3. The van der Waals surface area contributed by atoms with Gasteiger partial charge in [-0.1, -0.05) is 6.07 Å². The summed E-state index contributed by atoms with van der Waals surface area (Å²) < 4.78 is 51.6. The minimum absolute atomic E-state index is 0.0487. The first kappa shape index (κ1) is 21.3. The molecule has 3 N–H and O–H groups in total. The van der Waals surface area contributed by atoms with E-state index in [2.05, 4.69) is 0 Å². The van der Waals surface area contributed by atoms with Gasteiger partial charge >= 0.3 is 11.9 Å². The summed E-state index contributed by atoms with van der Waals surface area (Å²) in [6, 6.07) is 5.85. The molecule has 1 spiro atoms. The maximum absolute atomic E-state index is 15.2. The number of carbonyl (C=O) groups excluding carboxylic acids is 1. The lowest BCUT2D eigenvalue weighted by Gasteiger charge is -2.37. The Morgan fingerprint density at radius 2 is 1.44 bits per heavy atom. The van der Waals surface area contributed by atoms with E-state index in [1.807, 2.05) is 0 Å². The van der Waals surface area contributed by atoms with Crippen molar-refractivity contribution in [2.45, 2.75) is 5.60 Å². The summed E-state index contributed by atoms with van der Waals surface area (Å²) in [4.78, 5) is 24.4. The second-order valence-electron chi connectivity index (χ2n) is 7.47. The van der Waals surface area contributed by atoms with E-state index >= 15 is 8.78 Å². The van der Waals surface area contributed by atoms with Crippen molar-refractivity contribution in [3.63, 3.8) is 0 Å². The van der Waals surface area contributed by atoms with Crippen molar-refractivity contribution in [1.82, 2.24) is 0 Å². The van der Waals surface area contributed by atoms with E-state index in [-0.39, 0.29) is 39.3 Å². The Morgan fingerprint density at radius 1 is 0.912 bits per heavy atom. The average molecular weight is 472 g/mol. The minimum Gasteiger partial charge on any atom is -0.502 e. The van der Waals surface area contributed by atoms with Crippen molar-refractivity contribution in [2.75, 3.05) is 14.2 Å². The van der Waals surface area contributed by atoms with Crippen LogP contribution in [0.25, 0.3) is 0 Å². The Kier molecular flexibility index (Phi) is 4.37. The molecule has 5 rings (SSSR count). The van der Waals surface area contributed by atoms with Crippen molar-refractivity contribution in [1.29, 1.82) is 0 Å². The topological polar surface area (TPSA) is 132 Å². The summed E-state index contributed by atoms with van der Waals surface area (Å²) in [7, 11) is 2.33. The van der Waals surface area contributed by atoms with Gasteiger partial charge in [0.2, 0.25) is 11.6 Å². The van der Waals surface area contributed by atoms with Gasteiger partial charge in [0.1, 0.15) is 0 Å². The molecular formula is C23H14F2O9. The van der Waals surface area contributed by atoms with Gasteiger partial charge in [0.05, 0.1) is 36.5 Å². The number of hydrogen-bond acceptors (Lipinski definition) is 8. The molecule has 0 saturated carbocycles. The fourth-order valence-electron chi connectivity index (χ4n) is 4.28. The molecule has 2 aliphatic heterocycles. The van der Waals surface area contributed by atoms with Crippen LogP contribution in [-0.4, -0.2) is 41.5 Å². The van der Waals surface area contributed by atoms with E-state index < -0.39 is 52.2 Å². The Hall–Kier alpha value is -4.54. The lowest BCUT2D eigenvalue weighted by atomic mass is 9.77. The van der Waals surface area contributed by atoms with Crippen molar-refractivity contribution in [2.24, 2.45) is 0 Å². The first-order chi connectivity index (χ1) is 16.1. The number of phenols is 2. The zero-order valence-electron chi connectivity index (χ0n) is 17.4. The van der Waals surface area contributed by atoms with Crippen LogP contribution >= 0.6 is 0 Å². The van der Waals surface area contributed by atoms with E-state index in [9.17, 15) is 24.9 Å². The fraction of sp³-hybridized carbons (Fsp3) is 0.130. The fourth-order valence-corrected chi connectivity index (χ4v) is 4.28. The molecule has 3 aromatic carbocycles. The van der Waals surface area contributed by atoms with Crippen LogP contribution in [0.5, 0.6) is 34.5 Å². The third kappa shape index (κ3) is 2.51. The molecule has 2 aliphatic rings. The van der Waals surface area contributed by atoms with Crippen LogP contribution in [0, 0.1) is 11.6 Å². The lowest BCUT2D eigenvalue weighted by Crippen LogP contribution is -2.34. The average Bonchev–Trinajstić information content (AvgIpc) is 3.11. The van der Waals surface area contributed by atoms with Gasteiger partial charge in [-0.2, -0.15) is 8.78 Å². The van der Waals surface area contributed by atoms with Crippen LogP contribution in [0.3, 0.4) is 0 Å². The normalized spacial score (nSPS) is 14.5. The van der Waals surface area contributed by atoms with Gasteiger partial charge < -0.3 is 34.3 Å². The number of methoxy groups -OCH3 is 2. The second kappa shape index (κ2) is 6.98. The summed E-state index contributed by atoms with van der Waals surface area (Å²) >= 11 is 0. The van der Waals surface area contributed by atoms with Gasteiger partial charge in [-0.25, -0.2) is 9.59 Å². The largest absolute Gasteiger partial charge is 0.502 e. The molecular weight excluding hydrogens is 458 g/mol. The Morgan fingerprint density at radius 3 is 1.91 bits per heavy atom. The first-order valence-electron chi connectivity index (χ1n) is 9.64. The number of carbonyl (C=O) groups is 2. The van der Waals surface area contributed by atoms with E-state index in [1.165, 1.54) is 26.4 Å². The Labute approximate surface area is 189 Å². The van der Waals surface area contributed by atoms with E-state index in [0.29, 0.717) is 0 Å². The van der Waals surface area contributed by atoms with E-state index in [0.717, 1.165) is 18.2 Å². The molecule has 9 nitrogen and oxygen atoms in total. The predicted molar refractivity (Wildman–Crippen MR) is 108 cm³/mol. The molecule has 0 fully saturated rings. The highest BCUT2D eigenvalue weighted by Gasteiger charge is 2.56. The highest BCUT2D eigenvalue weighted by Crippen LogP contribution is 2.60. The summed E-state index contributed by atoms with van der Waals surface area (Å²) in [6.45, 7) is 0. The van der Waals surface area contributed by atoms with Crippen LogP contribution < -0.4 is 14.2 Å². The number of halogens is 2. The molecule has 0 aliphatic carbocycles. The van der Waals surface area contributed by atoms with E-state index in [1.54, 1.807) is 0 Å². The third-order valence-corrected chi connectivity index (χ3v) is 5.84. The van der Waals surface area contributed by atoms with Gasteiger partial charge in [0.15, 0.2) is 40.1 Å². The summed E-state index contributed by atoms with van der Waals surface area (Å²) in [5.74, 6) is -8.86. The molecule has 174 valence electrons. The number of fused-ring (bicyclic) bond motifs is 6. The standard InChI is InChI=1S/C23H14F2O9/c1-31-13-6-11-19(15(24)17(13)26)33-20-12(7-14(32-2)18(27)16(20)25)23(11)10-4-3-8(21(28)29)5-9(10)22(30)34-23/h3-7,26-27H,1-2H3,(H,28,29). The summed E-state index contributed by atoms with van der Waals surface area (Å²) in [5, 5.41) is 29.7. The molecule has 0 saturated heterocycles. The maximum Gasteiger partial charge on any atom is 0.340 e. The number of rotatable bonds is 3. The number of aromatic carboxylic acids is 1. The van der Waals surface area contributed by atoms with Gasteiger partial charge in [-0.15, -0.1) is 0 Å². The number of aromatic hydroxyl groups is 2. The minimum atomic E-state index is -2.06. The van der Waals surface area contributed by atoms with Crippen molar-refractivity contribution < 1.29 is 52.6 Å². The van der Waals surface area contributed by atoms with Crippen molar-refractivity contribution in [3.05, 3.63) is 69.8 Å². The molecule has 0 unspecified atom stereocenters. The molecule has 0 radical (unpaired) electrons. The highest BCUT2D eigenvalue weighted by molar-refractivity contribution is 6.00. The number of phenolic OH excluding ortho intramolecular Hbond substituents is 2. The number of esters is 1. The molecule has 0 atom stereocenters. The van der Waals surface area contributed by atoms with Gasteiger partial charge in [-0.05, 0) is 24.3 Å². The SMILES string of the molecule is COc1cc2c(c(F)c1O)Oc1c(cc(OC)c(O)c1F)C21OC(=O)c2cc(C(=O)O)ccc21. The molecule has 0 bridgehead atoms. The lowest BCUT2D eigenvalue weighted by molar-refractivity contribution is 0.0216. The van der Waals surface area contributed by atoms with Crippen LogP contribution in [0.4, 0.5) is 8.78 Å². The second-order valence-corrected chi connectivity index (χ2v) is 7.47. The van der Waals surface area contributed by atoms with Gasteiger partial charge in [0, 0.05) is 5.56 Å². The predicted octanol–water partition coefficient (Wildman–Crippen LogP) is 3.66. The smallest absolute Gasteiger partial charge is 0.340 e. The summed E-state index contributed by atoms with van der Waals surface area (Å²) in [5.41, 5.74) is -2.74. The molecule has 3 aromatic rings. The van der Waals surface area contributed by atoms with Crippen molar-refractivity contribution >= 4 is 11.9 Å².